The number of aliphatic hydroxyl groups excluding tert-OH is 1. The highest BCUT2D eigenvalue weighted by Crippen LogP contribution is 2.09. The van der Waals surface area contributed by atoms with Crippen molar-refractivity contribution in [2.75, 3.05) is 13.7 Å². The predicted molar refractivity (Wildman–Crippen MR) is 61.5 cm³/mol. The fourth-order valence-corrected chi connectivity index (χ4v) is 1.13. The summed E-state index contributed by atoms with van der Waals surface area (Å²) in [5.74, 6) is -2.19. The molecule has 1 atom stereocenters. The van der Waals surface area contributed by atoms with Crippen LogP contribution in [0.2, 0.25) is 0 Å². The van der Waals surface area contributed by atoms with Crippen molar-refractivity contribution in [3.05, 3.63) is 0 Å². The zero-order chi connectivity index (χ0) is 14.3. The van der Waals surface area contributed by atoms with E-state index in [1.54, 1.807) is 20.8 Å². The minimum absolute atomic E-state index is 0.352. The molecule has 0 aromatic carbocycles. The second kappa shape index (κ2) is 6.95. The summed E-state index contributed by atoms with van der Waals surface area (Å²) in [6.45, 7) is 4.28. The Kier molecular flexibility index (Phi) is 6.32. The number of hydrogen-bond donors (Lipinski definition) is 2. The molecule has 0 saturated heterocycles. The number of esters is 2. The highest BCUT2D eigenvalue weighted by Gasteiger charge is 2.27. The molecule has 1 amide bonds. The van der Waals surface area contributed by atoms with E-state index in [1.165, 1.54) is 0 Å². The first-order valence-corrected chi connectivity index (χ1v) is 5.39. The third-order valence-electron chi connectivity index (χ3n) is 1.76. The molecule has 0 saturated carbocycles. The van der Waals surface area contributed by atoms with Gasteiger partial charge in [-0.3, -0.25) is 9.59 Å². The quantitative estimate of drug-likeness (QED) is 0.639. The molecular weight excluding hydrogens is 242 g/mol. The van der Waals surface area contributed by atoms with Crippen LogP contribution in [0.15, 0.2) is 0 Å². The zero-order valence-corrected chi connectivity index (χ0v) is 11.0. The number of aliphatic hydroxyl groups is 1. The van der Waals surface area contributed by atoms with E-state index in [0.717, 1.165) is 7.11 Å². The van der Waals surface area contributed by atoms with E-state index < -0.39 is 36.1 Å². The van der Waals surface area contributed by atoms with Crippen molar-refractivity contribution in [1.29, 1.82) is 0 Å². The summed E-state index contributed by atoms with van der Waals surface area (Å²) in [4.78, 5) is 33.8. The summed E-state index contributed by atoms with van der Waals surface area (Å²) in [5, 5.41) is 10.7. The summed E-state index contributed by atoms with van der Waals surface area (Å²) in [5.41, 5.74) is -0.682. The van der Waals surface area contributed by atoms with E-state index in [9.17, 15) is 14.4 Å². The van der Waals surface area contributed by atoms with Crippen LogP contribution in [-0.2, 0) is 23.9 Å². The molecular formula is C11H19NO6. The van der Waals surface area contributed by atoms with E-state index in [2.05, 4.69) is 10.1 Å². The first-order chi connectivity index (χ1) is 8.19. The standard InChI is InChI=1S/C11H19NO6/c1-11(2,3)18-9(15)5-7(10(16)17-4)12-8(14)6-13/h7,13H,5-6H2,1-4H3,(H,12,14)/t7-/m1/s1. The maximum atomic E-state index is 11.5. The maximum Gasteiger partial charge on any atom is 0.328 e. The molecule has 0 aliphatic heterocycles. The average Bonchev–Trinajstić information content (AvgIpc) is 2.24. The maximum absolute atomic E-state index is 11.5. The molecule has 0 radical (unpaired) electrons. The van der Waals surface area contributed by atoms with Crippen LogP contribution in [0.1, 0.15) is 27.2 Å². The van der Waals surface area contributed by atoms with Gasteiger partial charge in [0.15, 0.2) is 0 Å². The number of hydrogen-bond acceptors (Lipinski definition) is 6. The fraction of sp³-hybridized carbons (Fsp3) is 0.727. The number of rotatable bonds is 5. The number of nitrogens with one attached hydrogen (secondary N) is 1. The lowest BCUT2D eigenvalue weighted by atomic mass is 10.1. The summed E-state index contributed by atoms with van der Waals surface area (Å²) in [6, 6.07) is -1.16. The molecule has 2 N–H and O–H groups in total. The van der Waals surface area contributed by atoms with Gasteiger partial charge in [0, 0.05) is 0 Å². The van der Waals surface area contributed by atoms with Crippen molar-refractivity contribution in [3.8, 4) is 0 Å². The molecule has 0 aromatic heterocycles. The largest absolute Gasteiger partial charge is 0.467 e. The van der Waals surface area contributed by atoms with E-state index in [0.29, 0.717) is 0 Å². The SMILES string of the molecule is COC(=O)[C@@H](CC(=O)OC(C)(C)C)NC(=O)CO. The van der Waals surface area contributed by atoms with Crippen LogP contribution in [0.25, 0.3) is 0 Å². The molecule has 0 aliphatic rings. The molecule has 0 aromatic rings. The van der Waals surface area contributed by atoms with Crippen LogP contribution in [0.4, 0.5) is 0 Å². The molecule has 18 heavy (non-hydrogen) atoms. The van der Waals surface area contributed by atoms with Crippen molar-refractivity contribution in [1.82, 2.24) is 5.32 Å². The first-order valence-electron chi connectivity index (χ1n) is 5.39. The van der Waals surface area contributed by atoms with Gasteiger partial charge in [0.1, 0.15) is 18.2 Å². The van der Waals surface area contributed by atoms with Gasteiger partial charge >= 0.3 is 11.9 Å². The Morgan fingerprint density at radius 1 is 1.28 bits per heavy atom. The van der Waals surface area contributed by atoms with Crippen molar-refractivity contribution < 1.29 is 29.0 Å². The molecule has 7 heteroatoms. The van der Waals surface area contributed by atoms with Gasteiger partial charge < -0.3 is 19.9 Å². The van der Waals surface area contributed by atoms with Crippen LogP contribution in [0.5, 0.6) is 0 Å². The topological polar surface area (TPSA) is 102 Å². The van der Waals surface area contributed by atoms with Gasteiger partial charge in [0.2, 0.25) is 5.91 Å². The van der Waals surface area contributed by atoms with Gasteiger partial charge in [-0.1, -0.05) is 0 Å². The summed E-state index contributed by atoms with van der Waals surface area (Å²) < 4.78 is 9.46. The molecule has 0 heterocycles. The lowest BCUT2D eigenvalue weighted by Gasteiger charge is -2.21. The monoisotopic (exact) mass is 261 g/mol. The lowest BCUT2D eigenvalue weighted by Crippen LogP contribution is -2.44. The number of carbonyl (C=O) groups excluding carboxylic acids is 3. The lowest BCUT2D eigenvalue weighted by molar-refractivity contribution is -0.159. The smallest absolute Gasteiger partial charge is 0.328 e. The molecule has 0 rings (SSSR count). The van der Waals surface area contributed by atoms with Gasteiger partial charge in [-0.05, 0) is 20.8 Å². The normalized spacial score (nSPS) is 12.5. The van der Waals surface area contributed by atoms with Gasteiger partial charge in [0.25, 0.3) is 0 Å². The Morgan fingerprint density at radius 3 is 2.22 bits per heavy atom. The minimum Gasteiger partial charge on any atom is -0.467 e. The van der Waals surface area contributed by atoms with Crippen molar-refractivity contribution in [3.63, 3.8) is 0 Å². The second-order valence-corrected chi connectivity index (χ2v) is 4.59. The molecule has 0 aliphatic carbocycles. The van der Waals surface area contributed by atoms with Gasteiger partial charge in [-0.15, -0.1) is 0 Å². The fourth-order valence-electron chi connectivity index (χ4n) is 1.13. The molecule has 0 spiro atoms. The minimum atomic E-state index is -1.16. The average molecular weight is 261 g/mol. The van der Waals surface area contributed by atoms with Crippen LogP contribution >= 0.6 is 0 Å². The highest BCUT2D eigenvalue weighted by molar-refractivity contribution is 5.88. The number of amides is 1. The van der Waals surface area contributed by atoms with Gasteiger partial charge in [-0.2, -0.15) is 0 Å². The number of methoxy groups -OCH3 is 1. The second-order valence-electron chi connectivity index (χ2n) is 4.59. The molecule has 0 bridgehead atoms. The molecule has 0 unspecified atom stereocenters. The number of carbonyl (C=O) groups is 3. The van der Waals surface area contributed by atoms with E-state index >= 15 is 0 Å². The summed E-state index contributed by atoms with van der Waals surface area (Å²) in [6.07, 6.45) is -0.352. The van der Waals surface area contributed by atoms with E-state index in [1.807, 2.05) is 0 Å². The van der Waals surface area contributed by atoms with Crippen LogP contribution in [-0.4, -0.2) is 48.3 Å². The Balaban J connectivity index is 4.55. The van der Waals surface area contributed by atoms with Crippen molar-refractivity contribution in [2.24, 2.45) is 0 Å². The Morgan fingerprint density at radius 2 is 1.83 bits per heavy atom. The summed E-state index contributed by atoms with van der Waals surface area (Å²) in [7, 11) is 1.13. The van der Waals surface area contributed by atoms with Gasteiger partial charge in [0.05, 0.1) is 13.5 Å². The Labute approximate surface area is 105 Å². The number of ether oxygens (including phenoxy) is 2. The highest BCUT2D eigenvalue weighted by atomic mass is 16.6. The van der Waals surface area contributed by atoms with Crippen molar-refractivity contribution in [2.45, 2.75) is 38.8 Å². The summed E-state index contributed by atoms with van der Waals surface area (Å²) >= 11 is 0. The Hall–Kier alpha value is -1.63. The molecule has 7 nitrogen and oxygen atoms in total. The third kappa shape index (κ3) is 6.85. The Bertz CT molecular complexity index is 320. The zero-order valence-electron chi connectivity index (χ0n) is 11.0. The predicted octanol–water partition coefficient (Wildman–Crippen LogP) is -0.632. The molecule has 0 fully saturated rings. The molecule has 104 valence electrons. The van der Waals surface area contributed by atoms with Crippen LogP contribution in [0.3, 0.4) is 0 Å². The first kappa shape index (κ1) is 16.4. The van der Waals surface area contributed by atoms with Gasteiger partial charge in [-0.25, -0.2) is 4.79 Å². The van der Waals surface area contributed by atoms with Crippen LogP contribution < -0.4 is 5.32 Å². The van der Waals surface area contributed by atoms with E-state index in [4.69, 9.17) is 9.84 Å². The third-order valence-corrected chi connectivity index (χ3v) is 1.76. The van der Waals surface area contributed by atoms with Crippen molar-refractivity contribution >= 4 is 17.8 Å². The van der Waals surface area contributed by atoms with E-state index in [-0.39, 0.29) is 6.42 Å². The van der Waals surface area contributed by atoms with Crippen LogP contribution in [0, 0.1) is 0 Å².